The zero-order valence-electron chi connectivity index (χ0n) is 17.5. The number of barbiturate groups is 1. The van der Waals surface area contributed by atoms with E-state index in [0.717, 1.165) is 16.0 Å². The maximum atomic E-state index is 13.0. The Balaban J connectivity index is 1.57. The first kappa shape index (κ1) is 22.6. The van der Waals surface area contributed by atoms with Gasteiger partial charge in [-0.05, 0) is 66.1 Å². The lowest BCUT2D eigenvalue weighted by Crippen LogP contribution is -2.54. The number of hydrogen-bond acceptors (Lipinski definition) is 4. The number of ether oxygens (including phenoxy) is 1. The summed E-state index contributed by atoms with van der Waals surface area (Å²) in [6.45, 7) is 2.12. The van der Waals surface area contributed by atoms with E-state index in [9.17, 15) is 14.4 Å². The molecule has 0 saturated carbocycles. The number of halogens is 2. The molecule has 1 aliphatic heterocycles. The van der Waals surface area contributed by atoms with Crippen LogP contribution in [-0.2, 0) is 16.2 Å². The molecule has 0 aromatic heterocycles. The molecule has 1 N–H and O–H groups in total. The smallest absolute Gasteiger partial charge is 0.335 e. The first-order chi connectivity index (χ1) is 15.8. The second-order valence-electron chi connectivity index (χ2n) is 7.41. The molecule has 3 aromatic rings. The van der Waals surface area contributed by atoms with Crippen molar-refractivity contribution in [3.8, 4) is 5.75 Å². The first-order valence-corrected chi connectivity index (χ1v) is 10.7. The topological polar surface area (TPSA) is 75.7 Å². The molecule has 166 valence electrons. The minimum absolute atomic E-state index is 0.181. The van der Waals surface area contributed by atoms with E-state index >= 15 is 0 Å². The predicted octanol–water partition coefficient (Wildman–Crippen LogP) is 5.55. The zero-order valence-corrected chi connectivity index (χ0v) is 19.0. The number of imide groups is 2. The standard InChI is InChI=1S/C25H18Cl2N2O4/c1-15-4-2-7-19(10-15)29-24(31)20(23(30)28-25(29)32)12-16-8-9-22(21(27)13-16)33-14-17-5-3-6-18(26)11-17/h2-13H,14H2,1H3,(H,28,30,32)/b20-12+. The highest BCUT2D eigenvalue weighted by Crippen LogP contribution is 2.29. The molecule has 1 fully saturated rings. The summed E-state index contributed by atoms with van der Waals surface area (Å²) in [5.41, 5.74) is 2.46. The summed E-state index contributed by atoms with van der Waals surface area (Å²) >= 11 is 12.3. The molecule has 3 aromatic carbocycles. The number of urea groups is 1. The summed E-state index contributed by atoms with van der Waals surface area (Å²) < 4.78 is 5.75. The van der Waals surface area contributed by atoms with Crippen molar-refractivity contribution in [2.24, 2.45) is 0 Å². The van der Waals surface area contributed by atoms with Crippen LogP contribution in [0.2, 0.25) is 10.0 Å². The van der Waals surface area contributed by atoms with E-state index < -0.39 is 17.8 Å². The van der Waals surface area contributed by atoms with E-state index in [1.165, 1.54) is 6.08 Å². The van der Waals surface area contributed by atoms with Crippen molar-refractivity contribution in [3.05, 3.63) is 99.0 Å². The van der Waals surface area contributed by atoms with Crippen LogP contribution in [-0.4, -0.2) is 17.8 Å². The monoisotopic (exact) mass is 480 g/mol. The number of anilines is 1. The van der Waals surface area contributed by atoms with Gasteiger partial charge in [-0.1, -0.05) is 53.5 Å². The van der Waals surface area contributed by atoms with Crippen LogP contribution < -0.4 is 15.0 Å². The Morgan fingerprint density at radius 3 is 2.48 bits per heavy atom. The van der Waals surface area contributed by atoms with E-state index in [-0.39, 0.29) is 12.2 Å². The molecule has 1 aliphatic rings. The van der Waals surface area contributed by atoms with Crippen molar-refractivity contribution in [1.29, 1.82) is 0 Å². The van der Waals surface area contributed by atoms with Crippen molar-refractivity contribution >= 4 is 52.8 Å². The van der Waals surface area contributed by atoms with Crippen LogP contribution in [0.15, 0.2) is 72.3 Å². The molecule has 6 nitrogen and oxygen atoms in total. The number of amides is 4. The Kier molecular flexibility index (Phi) is 6.49. The SMILES string of the molecule is Cc1cccc(N2C(=O)NC(=O)/C(=C\c3ccc(OCc4cccc(Cl)c4)c(Cl)c3)C2=O)c1. The highest BCUT2D eigenvalue weighted by atomic mass is 35.5. The van der Waals surface area contributed by atoms with Crippen LogP contribution in [0.4, 0.5) is 10.5 Å². The number of carbonyl (C=O) groups excluding carboxylic acids is 3. The lowest BCUT2D eigenvalue weighted by molar-refractivity contribution is -0.122. The molecule has 4 amide bonds. The average molecular weight is 481 g/mol. The lowest BCUT2D eigenvalue weighted by Gasteiger charge is -2.26. The number of hydrogen-bond donors (Lipinski definition) is 1. The van der Waals surface area contributed by atoms with Gasteiger partial charge in [0.15, 0.2) is 0 Å². The quantitative estimate of drug-likeness (QED) is 0.383. The molecule has 1 saturated heterocycles. The summed E-state index contributed by atoms with van der Waals surface area (Å²) in [4.78, 5) is 38.7. The van der Waals surface area contributed by atoms with Crippen molar-refractivity contribution < 1.29 is 19.1 Å². The van der Waals surface area contributed by atoms with Gasteiger partial charge in [0.1, 0.15) is 17.9 Å². The van der Waals surface area contributed by atoms with Gasteiger partial charge in [0.05, 0.1) is 10.7 Å². The zero-order chi connectivity index (χ0) is 23.5. The number of aryl methyl sites for hydroxylation is 1. The molecule has 1 heterocycles. The highest BCUT2D eigenvalue weighted by Gasteiger charge is 2.36. The van der Waals surface area contributed by atoms with Gasteiger partial charge in [-0.2, -0.15) is 0 Å². The Labute approximate surface area is 200 Å². The van der Waals surface area contributed by atoms with E-state index in [1.54, 1.807) is 48.5 Å². The van der Waals surface area contributed by atoms with Gasteiger partial charge in [0, 0.05) is 5.02 Å². The summed E-state index contributed by atoms with van der Waals surface area (Å²) in [5.74, 6) is -1.05. The molecule has 0 spiro atoms. The minimum Gasteiger partial charge on any atom is -0.487 e. The number of rotatable bonds is 5. The average Bonchev–Trinajstić information content (AvgIpc) is 2.76. The van der Waals surface area contributed by atoms with Gasteiger partial charge in [-0.3, -0.25) is 14.9 Å². The van der Waals surface area contributed by atoms with Crippen molar-refractivity contribution in [3.63, 3.8) is 0 Å². The normalized spacial score (nSPS) is 15.1. The van der Waals surface area contributed by atoms with Crippen LogP contribution in [0.5, 0.6) is 5.75 Å². The largest absolute Gasteiger partial charge is 0.487 e. The van der Waals surface area contributed by atoms with Gasteiger partial charge in [0.25, 0.3) is 11.8 Å². The summed E-state index contributed by atoms with van der Waals surface area (Å²) in [6, 6.07) is 18.3. The summed E-state index contributed by atoms with van der Waals surface area (Å²) in [7, 11) is 0. The third-order valence-corrected chi connectivity index (χ3v) is 5.44. The molecule has 0 bridgehead atoms. The first-order valence-electron chi connectivity index (χ1n) is 9.97. The van der Waals surface area contributed by atoms with E-state index in [0.29, 0.717) is 27.0 Å². The fourth-order valence-corrected chi connectivity index (χ4v) is 3.79. The van der Waals surface area contributed by atoms with Crippen LogP contribution in [0.3, 0.4) is 0 Å². The third-order valence-electron chi connectivity index (χ3n) is 4.91. The van der Waals surface area contributed by atoms with Crippen molar-refractivity contribution in [2.45, 2.75) is 13.5 Å². The molecule has 0 aliphatic carbocycles. The Morgan fingerprint density at radius 2 is 1.76 bits per heavy atom. The number of nitrogens with zero attached hydrogens (tertiary/aromatic N) is 1. The van der Waals surface area contributed by atoms with Gasteiger partial charge in [-0.25, -0.2) is 9.69 Å². The van der Waals surface area contributed by atoms with Crippen LogP contribution in [0, 0.1) is 6.92 Å². The second-order valence-corrected chi connectivity index (χ2v) is 8.25. The fourth-order valence-electron chi connectivity index (χ4n) is 3.34. The third kappa shape index (κ3) is 5.08. The molecular weight excluding hydrogens is 463 g/mol. The summed E-state index contributed by atoms with van der Waals surface area (Å²) in [6.07, 6.45) is 1.39. The highest BCUT2D eigenvalue weighted by molar-refractivity contribution is 6.39. The van der Waals surface area contributed by atoms with Gasteiger partial charge >= 0.3 is 6.03 Å². The number of benzene rings is 3. The minimum atomic E-state index is -0.796. The van der Waals surface area contributed by atoms with E-state index in [2.05, 4.69) is 5.32 Å². The maximum Gasteiger partial charge on any atom is 0.335 e. The fraction of sp³-hybridized carbons (Fsp3) is 0.0800. The van der Waals surface area contributed by atoms with Crippen LogP contribution >= 0.6 is 23.2 Å². The van der Waals surface area contributed by atoms with Gasteiger partial charge in [-0.15, -0.1) is 0 Å². The van der Waals surface area contributed by atoms with Crippen molar-refractivity contribution in [1.82, 2.24) is 5.32 Å². The number of carbonyl (C=O) groups is 3. The second kappa shape index (κ2) is 9.48. The van der Waals surface area contributed by atoms with Crippen LogP contribution in [0.1, 0.15) is 16.7 Å². The molecule has 0 atom stereocenters. The van der Waals surface area contributed by atoms with Crippen LogP contribution in [0.25, 0.3) is 6.08 Å². The number of nitrogens with one attached hydrogen (secondary N) is 1. The molecular formula is C25H18Cl2N2O4. The van der Waals surface area contributed by atoms with E-state index in [1.807, 2.05) is 25.1 Å². The van der Waals surface area contributed by atoms with E-state index in [4.69, 9.17) is 27.9 Å². The Hall–Kier alpha value is -3.61. The molecule has 8 heteroatoms. The maximum absolute atomic E-state index is 13.0. The van der Waals surface area contributed by atoms with Crippen molar-refractivity contribution in [2.75, 3.05) is 4.90 Å². The van der Waals surface area contributed by atoms with Gasteiger partial charge in [0.2, 0.25) is 0 Å². The molecule has 33 heavy (non-hydrogen) atoms. The lowest BCUT2D eigenvalue weighted by atomic mass is 10.1. The molecule has 0 unspecified atom stereocenters. The Morgan fingerprint density at radius 1 is 0.970 bits per heavy atom. The molecule has 4 rings (SSSR count). The molecule has 0 radical (unpaired) electrons. The predicted molar refractivity (Wildman–Crippen MR) is 127 cm³/mol. The van der Waals surface area contributed by atoms with Gasteiger partial charge < -0.3 is 4.74 Å². The summed E-state index contributed by atoms with van der Waals surface area (Å²) in [5, 5.41) is 3.12. The Bertz CT molecular complexity index is 1300.